The van der Waals surface area contributed by atoms with Crippen molar-refractivity contribution >= 4 is 17.4 Å². The summed E-state index contributed by atoms with van der Waals surface area (Å²) in [4.78, 5) is 3.81. The molecule has 0 spiro atoms. The number of oxime groups is 1. The molecule has 58 valence electrons. The van der Waals surface area contributed by atoms with Gasteiger partial charge in [-0.2, -0.15) is 0 Å². The summed E-state index contributed by atoms with van der Waals surface area (Å²) in [5.74, 6) is -0.0486. The molecule has 0 radical (unpaired) electrons. The van der Waals surface area contributed by atoms with Gasteiger partial charge in [-0.3, -0.25) is 4.98 Å². The van der Waals surface area contributed by atoms with Crippen LogP contribution < -0.4 is 5.73 Å². The Labute approximate surface area is 68.3 Å². The van der Waals surface area contributed by atoms with E-state index >= 15 is 0 Å². The van der Waals surface area contributed by atoms with Gasteiger partial charge in [0.15, 0.2) is 5.84 Å². The second kappa shape index (κ2) is 3.21. The predicted octanol–water partition coefficient (Wildman–Crippen LogP) is 0.829. The summed E-state index contributed by atoms with van der Waals surface area (Å²) in [5, 5.41) is 11.5. The zero-order valence-electron chi connectivity index (χ0n) is 5.53. The average Bonchev–Trinajstić information content (AvgIpc) is 2.03. The van der Waals surface area contributed by atoms with Gasteiger partial charge in [0.1, 0.15) is 5.69 Å². The van der Waals surface area contributed by atoms with Crippen molar-refractivity contribution in [3.05, 3.63) is 29.0 Å². The van der Waals surface area contributed by atoms with E-state index in [4.69, 9.17) is 22.5 Å². The number of pyridine rings is 1. The Morgan fingerprint density at radius 1 is 1.73 bits per heavy atom. The fourth-order valence-electron chi connectivity index (χ4n) is 0.596. The van der Waals surface area contributed by atoms with E-state index in [1.54, 1.807) is 6.07 Å². The molecule has 1 aromatic rings. The number of nitrogens with two attached hydrogens (primary N) is 1. The standard InChI is InChI=1S/C6H6ClN3O/c7-4-1-2-9-5(3-4)6(8)10-11/h1-3,11H,(H2,8,10). The lowest BCUT2D eigenvalue weighted by Gasteiger charge is -1.95. The number of halogens is 1. The van der Waals surface area contributed by atoms with Crippen molar-refractivity contribution in [3.8, 4) is 0 Å². The van der Waals surface area contributed by atoms with Crippen molar-refractivity contribution in [2.45, 2.75) is 0 Å². The predicted molar refractivity (Wildman–Crippen MR) is 41.8 cm³/mol. The monoisotopic (exact) mass is 171 g/mol. The molecule has 11 heavy (non-hydrogen) atoms. The molecule has 0 saturated carbocycles. The molecule has 0 unspecified atom stereocenters. The largest absolute Gasteiger partial charge is 0.409 e. The minimum atomic E-state index is -0.0486. The minimum Gasteiger partial charge on any atom is -0.409 e. The summed E-state index contributed by atoms with van der Waals surface area (Å²) < 4.78 is 0. The molecule has 0 aromatic carbocycles. The Kier molecular flexibility index (Phi) is 2.28. The fourth-order valence-corrected chi connectivity index (χ4v) is 0.756. The molecule has 1 heterocycles. The van der Waals surface area contributed by atoms with Crippen molar-refractivity contribution in [2.24, 2.45) is 10.9 Å². The molecule has 0 aliphatic heterocycles. The van der Waals surface area contributed by atoms with Gasteiger partial charge in [-0.15, -0.1) is 0 Å². The highest BCUT2D eigenvalue weighted by atomic mass is 35.5. The van der Waals surface area contributed by atoms with Crippen molar-refractivity contribution in [1.29, 1.82) is 0 Å². The number of nitrogens with zero attached hydrogens (tertiary/aromatic N) is 2. The van der Waals surface area contributed by atoms with Gasteiger partial charge in [-0.25, -0.2) is 0 Å². The molecule has 4 nitrogen and oxygen atoms in total. The maximum Gasteiger partial charge on any atom is 0.188 e. The third-order valence-electron chi connectivity index (χ3n) is 1.09. The zero-order chi connectivity index (χ0) is 8.27. The first-order chi connectivity index (χ1) is 5.24. The van der Waals surface area contributed by atoms with E-state index in [-0.39, 0.29) is 5.84 Å². The zero-order valence-corrected chi connectivity index (χ0v) is 6.28. The first-order valence-electron chi connectivity index (χ1n) is 2.83. The highest BCUT2D eigenvalue weighted by molar-refractivity contribution is 6.30. The lowest BCUT2D eigenvalue weighted by molar-refractivity contribution is 0.318. The van der Waals surface area contributed by atoms with Crippen molar-refractivity contribution in [3.63, 3.8) is 0 Å². The van der Waals surface area contributed by atoms with Crippen molar-refractivity contribution in [2.75, 3.05) is 0 Å². The maximum atomic E-state index is 8.26. The molecule has 5 heteroatoms. The van der Waals surface area contributed by atoms with Crippen LogP contribution in [-0.2, 0) is 0 Å². The Bertz CT molecular complexity index is 287. The highest BCUT2D eigenvalue weighted by Gasteiger charge is 1.99. The first kappa shape index (κ1) is 7.81. The SMILES string of the molecule is N/C(=N\O)c1cc(Cl)ccn1. The second-order valence-electron chi connectivity index (χ2n) is 1.84. The Balaban J connectivity index is 3.06. The second-order valence-corrected chi connectivity index (χ2v) is 2.28. The maximum absolute atomic E-state index is 8.26. The van der Waals surface area contributed by atoms with Crippen LogP contribution in [0.5, 0.6) is 0 Å². The number of hydrogen-bond donors (Lipinski definition) is 2. The number of aromatic nitrogens is 1. The summed E-state index contributed by atoms with van der Waals surface area (Å²) in [6.07, 6.45) is 1.48. The van der Waals surface area contributed by atoms with E-state index in [0.717, 1.165) is 0 Å². The van der Waals surface area contributed by atoms with Gasteiger partial charge >= 0.3 is 0 Å². The summed E-state index contributed by atoms with van der Waals surface area (Å²) in [5.41, 5.74) is 5.60. The van der Waals surface area contributed by atoms with E-state index in [9.17, 15) is 0 Å². The first-order valence-corrected chi connectivity index (χ1v) is 3.21. The Morgan fingerprint density at radius 3 is 3.00 bits per heavy atom. The average molecular weight is 172 g/mol. The lowest BCUT2D eigenvalue weighted by Crippen LogP contribution is -2.14. The van der Waals surface area contributed by atoms with E-state index in [2.05, 4.69) is 10.1 Å². The van der Waals surface area contributed by atoms with Crippen LogP contribution in [0.25, 0.3) is 0 Å². The molecular formula is C6H6ClN3O. The molecule has 0 aliphatic carbocycles. The number of hydrogen-bond acceptors (Lipinski definition) is 3. The summed E-state index contributed by atoms with van der Waals surface area (Å²) >= 11 is 5.61. The van der Waals surface area contributed by atoms with Crippen LogP contribution in [0.3, 0.4) is 0 Å². The minimum absolute atomic E-state index is 0.0486. The fraction of sp³-hybridized carbons (Fsp3) is 0. The third kappa shape index (κ3) is 1.81. The molecule has 0 fully saturated rings. The van der Waals surface area contributed by atoms with Crippen LogP contribution in [0.1, 0.15) is 5.69 Å². The quantitative estimate of drug-likeness (QED) is 0.285. The lowest BCUT2D eigenvalue weighted by atomic mass is 10.3. The smallest absolute Gasteiger partial charge is 0.188 e. The van der Waals surface area contributed by atoms with Crippen LogP contribution in [-0.4, -0.2) is 16.0 Å². The molecule has 1 rings (SSSR count). The number of rotatable bonds is 1. The Hall–Kier alpha value is -1.29. The third-order valence-corrected chi connectivity index (χ3v) is 1.33. The molecule has 0 amide bonds. The molecule has 3 N–H and O–H groups in total. The van der Waals surface area contributed by atoms with Gasteiger partial charge in [0.05, 0.1) is 0 Å². The summed E-state index contributed by atoms with van der Waals surface area (Å²) in [6.45, 7) is 0. The molecule has 0 bridgehead atoms. The molecule has 1 aromatic heterocycles. The topological polar surface area (TPSA) is 71.5 Å². The van der Waals surface area contributed by atoms with Crippen LogP contribution >= 0.6 is 11.6 Å². The van der Waals surface area contributed by atoms with Crippen LogP contribution in [0, 0.1) is 0 Å². The summed E-state index contributed by atoms with van der Waals surface area (Å²) in [7, 11) is 0. The molecule has 0 saturated heterocycles. The molecule has 0 aliphatic rings. The van der Waals surface area contributed by atoms with Gasteiger partial charge < -0.3 is 10.9 Å². The Morgan fingerprint density at radius 2 is 2.45 bits per heavy atom. The van der Waals surface area contributed by atoms with Gasteiger partial charge in [-0.05, 0) is 12.1 Å². The van der Waals surface area contributed by atoms with E-state index < -0.39 is 0 Å². The van der Waals surface area contributed by atoms with Gasteiger partial charge in [0, 0.05) is 11.2 Å². The number of amidine groups is 1. The highest BCUT2D eigenvalue weighted by Crippen LogP contribution is 2.07. The van der Waals surface area contributed by atoms with Crippen LogP contribution in [0.2, 0.25) is 5.02 Å². The molecular weight excluding hydrogens is 166 g/mol. The van der Waals surface area contributed by atoms with Crippen LogP contribution in [0.15, 0.2) is 23.5 Å². The van der Waals surface area contributed by atoms with Gasteiger partial charge in [-0.1, -0.05) is 16.8 Å². The van der Waals surface area contributed by atoms with Crippen molar-refractivity contribution < 1.29 is 5.21 Å². The van der Waals surface area contributed by atoms with E-state index in [0.29, 0.717) is 10.7 Å². The van der Waals surface area contributed by atoms with Gasteiger partial charge in [0.2, 0.25) is 0 Å². The van der Waals surface area contributed by atoms with Crippen LogP contribution in [0.4, 0.5) is 0 Å². The summed E-state index contributed by atoms with van der Waals surface area (Å²) in [6, 6.07) is 3.12. The molecule has 0 atom stereocenters. The van der Waals surface area contributed by atoms with Gasteiger partial charge in [0.25, 0.3) is 0 Å². The van der Waals surface area contributed by atoms with Crippen molar-refractivity contribution in [1.82, 2.24) is 4.98 Å². The van der Waals surface area contributed by atoms with E-state index in [1.807, 2.05) is 0 Å². The normalized spacial score (nSPS) is 11.5. The van der Waals surface area contributed by atoms with E-state index in [1.165, 1.54) is 12.3 Å².